The molecule has 1 saturated carbocycles. The molecule has 2 aromatic carbocycles. The van der Waals surface area contributed by atoms with Gasteiger partial charge in [0, 0.05) is 12.7 Å². The molecule has 2 heterocycles. The van der Waals surface area contributed by atoms with Gasteiger partial charge in [0.2, 0.25) is 5.91 Å². The van der Waals surface area contributed by atoms with Crippen molar-refractivity contribution in [2.45, 2.75) is 82.4 Å². The highest BCUT2D eigenvalue weighted by Crippen LogP contribution is 2.33. The van der Waals surface area contributed by atoms with Crippen LogP contribution in [-0.4, -0.2) is 78.2 Å². The summed E-state index contributed by atoms with van der Waals surface area (Å²) in [6.45, 7) is -0.145. The maximum atomic E-state index is 14.4. The molecule has 1 saturated heterocycles. The molecule has 3 aromatic rings. The van der Waals surface area contributed by atoms with Crippen LogP contribution in [0.2, 0.25) is 0 Å². The molecule has 12 heteroatoms. The van der Waals surface area contributed by atoms with Gasteiger partial charge in [0.1, 0.15) is 29.6 Å². The minimum absolute atomic E-state index is 0.0553. The van der Waals surface area contributed by atoms with E-state index in [1.165, 1.54) is 0 Å². The molecule has 0 radical (unpaired) electrons. The first-order chi connectivity index (χ1) is 24.8. The fraction of sp³-hybridized carbons (Fsp3) is 0.462. The average molecular weight is 702 g/mol. The van der Waals surface area contributed by atoms with E-state index in [-0.39, 0.29) is 17.5 Å². The zero-order valence-corrected chi connectivity index (χ0v) is 29.3. The number of carboxylic acids is 1. The Morgan fingerprint density at radius 1 is 0.902 bits per heavy atom. The fourth-order valence-corrected chi connectivity index (χ4v) is 6.98. The predicted octanol–water partition coefficient (Wildman–Crippen LogP) is 5.54. The highest BCUT2D eigenvalue weighted by atomic mass is 16.5. The number of pyridine rings is 1. The van der Waals surface area contributed by atoms with Crippen molar-refractivity contribution in [1.82, 2.24) is 15.2 Å². The first-order valence-corrected chi connectivity index (χ1v) is 17.7. The van der Waals surface area contributed by atoms with Gasteiger partial charge in [0.05, 0.1) is 14.2 Å². The van der Waals surface area contributed by atoms with Gasteiger partial charge in [0.25, 0.3) is 5.91 Å². The molecule has 3 atom stereocenters. The van der Waals surface area contributed by atoms with Crippen LogP contribution in [0.15, 0.2) is 66.9 Å². The van der Waals surface area contributed by atoms with E-state index in [4.69, 9.17) is 24.1 Å². The summed E-state index contributed by atoms with van der Waals surface area (Å²) in [5, 5.41) is 12.1. The number of carbonyl (C=O) groups is 4. The number of esters is 1. The smallest absolute Gasteiger partial charge is 0.341 e. The zero-order valence-electron chi connectivity index (χ0n) is 29.3. The number of methoxy groups -OCH3 is 2. The lowest BCUT2D eigenvalue weighted by Gasteiger charge is -2.39. The van der Waals surface area contributed by atoms with Gasteiger partial charge in [-0.25, -0.2) is 9.59 Å². The van der Waals surface area contributed by atoms with Gasteiger partial charge in [-0.15, -0.1) is 0 Å². The van der Waals surface area contributed by atoms with E-state index in [2.05, 4.69) is 10.3 Å². The first-order valence-electron chi connectivity index (χ1n) is 17.7. The summed E-state index contributed by atoms with van der Waals surface area (Å²) in [5.74, 6) is -0.897. The Bertz CT molecular complexity index is 1640. The third-order valence-corrected chi connectivity index (χ3v) is 9.62. The number of carboxylic acid groups (broad SMARTS) is 1. The molecule has 272 valence electrons. The molecule has 2 fully saturated rings. The van der Waals surface area contributed by atoms with Crippen molar-refractivity contribution < 1.29 is 43.2 Å². The Morgan fingerprint density at radius 3 is 2.41 bits per heavy atom. The second kappa shape index (κ2) is 18.2. The SMILES string of the molecule is COc1ccc(CCC(OC(=O)C2CCCCN2C(=O)C(NC(=O)c2ccccn2)C2CCCCC2)c2cccc(OCC(=O)O)c2)cc1OC. The van der Waals surface area contributed by atoms with Crippen LogP contribution < -0.4 is 19.5 Å². The van der Waals surface area contributed by atoms with Crippen LogP contribution in [0.3, 0.4) is 0 Å². The Labute approximate surface area is 298 Å². The summed E-state index contributed by atoms with van der Waals surface area (Å²) in [6.07, 6.45) is 8.23. The monoisotopic (exact) mass is 701 g/mol. The van der Waals surface area contributed by atoms with Crippen LogP contribution in [-0.2, 0) is 25.5 Å². The van der Waals surface area contributed by atoms with E-state index in [1.54, 1.807) is 67.8 Å². The number of likely N-dealkylation sites (tertiary alicyclic amines) is 1. The summed E-state index contributed by atoms with van der Waals surface area (Å²) in [6, 6.07) is 15.9. The minimum Gasteiger partial charge on any atom is -0.493 e. The standard InChI is InChI=1S/C39H47N3O9/c1-48-33-20-18-26(23-34(33)49-2)17-19-32(28-13-10-14-29(24-28)50-25-35(43)44)51-39(47)31-16-7-9-22-42(31)38(46)36(27-11-4-3-5-12-27)41-37(45)30-15-6-8-21-40-30/h6,8,10,13-15,18,20-21,23-24,27,31-32,36H,3-5,7,9,11-12,16-17,19,22,25H2,1-2H3,(H,41,45)(H,43,44). The normalized spacial score (nSPS) is 17.5. The molecule has 2 N–H and O–H groups in total. The van der Waals surface area contributed by atoms with Gasteiger partial charge in [-0.1, -0.05) is 43.5 Å². The molecule has 1 aromatic heterocycles. The van der Waals surface area contributed by atoms with Crippen molar-refractivity contribution in [3.05, 3.63) is 83.7 Å². The molecule has 0 bridgehead atoms. The van der Waals surface area contributed by atoms with Crippen LogP contribution in [0, 0.1) is 5.92 Å². The van der Waals surface area contributed by atoms with E-state index in [9.17, 15) is 19.2 Å². The first kappa shape index (κ1) is 37.1. The molecule has 0 spiro atoms. The number of aromatic nitrogens is 1. The lowest BCUT2D eigenvalue weighted by atomic mass is 9.82. The number of hydrogen-bond donors (Lipinski definition) is 2. The lowest BCUT2D eigenvalue weighted by molar-refractivity contribution is -0.163. The largest absolute Gasteiger partial charge is 0.493 e. The van der Waals surface area contributed by atoms with Gasteiger partial charge in [-0.2, -0.15) is 0 Å². The molecule has 2 amide bonds. The van der Waals surface area contributed by atoms with Crippen molar-refractivity contribution in [2.24, 2.45) is 5.92 Å². The number of piperidine rings is 1. The van der Waals surface area contributed by atoms with Crippen molar-refractivity contribution >= 4 is 23.8 Å². The third-order valence-electron chi connectivity index (χ3n) is 9.62. The maximum absolute atomic E-state index is 14.4. The van der Waals surface area contributed by atoms with Crippen LogP contribution in [0.25, 0.3) is 0 Å². The van der Waals surface area contributed by atoms with E-state index in [0.717, 1.165) is 50.5 Å². The number of carbonyl (C=O) groups excluding carboxylic acids is 3. The van der Waals surface area contributed by atoms with Crippen LogP contribution in [0.5, 0.6) is 17.2 Å². The Balaban J connectivity index is 1.38. The van der Waals surface area contributed by atoms with E-state index < -0.39 is 42.6 Å². The van der Waals surface area contributed by atoms with Gasteiger partial charge in [0.15, 0.2) is 18.1 Å². The maximum Gasteiger partial charge on any atom is 0.341 e. The van der Waals surface area contributed by atoms with Crippen LogP contribution in [0.1, 0.15) is 85.5 Å². The Hall–Kier alpha value is -5.13. The number of benzene rings is 2. The van der Waals surface area contributed by atoms with Crippen molar-refractivity contribution in [3.8, 4) is 17.2 Å². The van der Waals surface area contributed by atoms with Gasteiger partial charge in [-0.3, -0.25) is 14.6 Å². The predicted molar refractivity (Wildman–Crippen MR) is 188 cm³/mol. The van der Waals surface area contributed by atoms with Crippen molar-refractivity contribution in [2.75, 3.05) is 27.4 Å². The van der Waals surface area contributed by atoms with Crippen LogP contribution in [0.4, 0.5) is 0 Å². The van der Waals surface area contributed by atoms with Gasteiger partial charge < -0.3 is 34.3 Å². The van der Waals surface area contributed by atoms with E-state index >= 15 is 0 Å². The topological polar surface area (TPSA) is 154 Å². The number of ether oxygens (including phenoxy) is 4. The highest BCUT2D eigenvalue weighted by molar-refractivity contribution is 5.97. The molecule has 51 heavy (non-hydrogen) atoms. The quantitative estimate of drug-likeness (QED) is 0.193. The summed E-state index contributed by atoms with van der Waals surface area (Å²) < 4.78 is 22.6. The zero-order chi connectivity index (χ0) is 36.2. The summed E-state index contributed by atoms with van der Waals surface area (Å²) >= 11 is 0. The van der Waals surface area contributed by atoms with Crippen LogP contribution >= 0.6 is 0 Å². The Kier molecular flexibility index (Phi) is 13.3. The molecule has 12 nitrogen and oxygen atoms in total. The average Bonchev–Trinajstić information content (AvgIpc) is 3.17. The summed E-state index contributed by atoms with van der Waals surface area (Å²) in [4.78, 5) is 58.8. The number of nitrogens with zero attached hydrogens (tertiary/aromatic N) is 2. The Morgan fingerprint density at radius 2 is 1.69 bits per heavy atom. The van der Waals surface area contributed by atoms with Gasteiger partial charge >= 0.3 is 11.9 Å². The summed E-state index contributed by atoms with van der Waals surface area (Å²) in [5.41, 5.74) is 1.79. The number of aryl methyl sites for hydroxylation is 1. The molecule has 5 rings (SSSR count). The van der Waals surface area contributed by atoms with Crippen molar-refractivity contribution in [3.63, 3.8) is 0 Å². The second-order valence-electron chi connectivity index (χ2n) is 13.0. The van der Waals surface area contributed by atoms with Crippen molar-refractivity contribution in [1.29, 1.82) is 0 Å². The number of aliphatic carboxylic acids is 1. The number of hydrogen-bond acceptors (Lipinski definition) is 9. The van der Waals surface area contributed by atoms with E-state index in [0.29, 0.717) is 48.6 Å². The molecule has 3 unspecified atom stereocenters. The molecular weight excluding hydrogens is 654 g/mol. The second-order valence-corrected chi connectivity index (χ2v) is 13.0. The minimum atomic E-state index is -1.11. The molecule has 1 aliphatic carbocycles. The van der Waals surface area contributed by atoms with E-state index in [1.807, 2.05) is 18.2 Å². The lowest BCUT2D eigenvalue weighted by Crippen LogP contribution is -2.58. The highest BCUT2D eigenvalue weighted by Gasteiger charge is 2.41. The molecular formula is C39H47N3O9. The van der Waals surface area contributed by atoms with Gasteiger partial charge in [-0.05, 0) is 98.4 Å². The third kappa shape index (κ3) is 9.99. The molecule has 1 aliphatic heterocycles. The number of nitrogens with one attached hydrogen (secondary N) is 1. The fourth-order valence-electron chi connectivity index (χ4n) is 6.98. The molecule has 2 aliphatic rings. The summed E-state index contributed by atoms with van der Waals surface area (Å²) in [7, 11) is 3.13. The number of amides is 2. The number of rotatable bonds is 15.